The van der Waals surface area contributed by atoms with Crippen molar-refractivity contribution in [1.82, 2.24) is 0 Å². The van der Waals surface area contributed by atoms with E-state index in [-0.39, 0.29) is 0 Å². The number of hydrogen-bond donors (Lipinski definition) is 0. The summed E-state index contributed by atoms with van der Waals surface area (Å²) in [6.45, 7) is 3.20. The van der Waals surface area contributed by atoms with E-state index < -0.39 is 0 Å². The Bertz CT molecular complexity index is 314. The van der Waals surface area contributed by atoms with E-state index in [4.69, 9.17) is 11.6 Å². The quantitative estimate of drug-likeness (QED) is 0.728. The first-order valence-electron chi connectivity index (χ1n) is 5.04. The van der Waals surface area contributed by atoms with Crippen LogP contribution in [0.15, 0.2) is 18.2 Å². The zero-order valence-corrected chi connectivity index (χ0v) is 11.2. The Morgan fingerprint density at radius 2 is 2.13 bits per heavy atom. The summed E-state index contributed by atoms with van der Waals surface area (Å²) in [5, 5.41) is 0. The number of thioether (sulfide) groups is 1. The molecule has 0 saturated carbocycles. The lowest BCUT2D eigenvalue weighted by Crippen LogP contribution is -2.20. The average molecular weight is 244 g/mol. The van der Waals surface area contributed by atoms with Gasteiger partial charge in [-0.1, -0.05) is 6.07 Å². The summed E-state index contributed by atoms with van der Waals surface area (Å²) in [4.78, 5) is 2.28. The second-order valence-corrected chi connectivity index (χ2v) is 4.91. The molecule has 84 valence electrons. The van der Waals surface area contributed by atoms with Gasteiger partial charge >= 0.3 is 0 Å². The van der Waals surface area contributed by atoms with Crippen LogP contribution in [0.1, 0.15) is 11.1 Å². The molecule has 0 saturated heterocycles. The lowest BCUT2D eigenvalue weighted by molar-refractivity contribution is 0.975. The SMILES string of the molecule is CSCCN(C)c1ccc(CCl)c(C)c1. The molecule has 15 heavy (non-hydrogen) atoms. The third-order valence-electron chi connectivity index (χ3n) is 2.54. The Kier molecular flexibility index (Phi) is 5.34. The van der Waals surface area contributed by atoms with E-state index in [0.717, 1.165) is 12.3 Å². The molecule has 0 radical (unpaired) electrons. The van der Waals surface area contributed by atoms with Crippen LogP contribution >= 0.6 is 23.4 Å². The lowest BCUT2D eigenvalue weighted by Gasteiger charge is -2.19. The number of benzene rings is 1. The number of alkyl halides is 1. The maximum Gasteiger partial charge on any atom is 0.0476 e. The molecule has 1 nitrogen and oxygen atoms in total. The van der Waals surface area contributed by atoms with E-state index in [1.54, 1.807) is 0 Å². The molecule has 0 heterocycles. The Morgan fingerprint density at radius 3 is 2.67 bits per heavy atom. The highest BCUT2D eigenvalue weighted by Crippen LogP contribution is 2.19. The van der Waals surface area contributed by atoms with E-state index in [9.17, 15) is 0 Å². The van der Waals surface area contributed by atoms with Gasteiger partial charge in [-0.3, -0.25) is 0 Å². The van der Waals surface area contributed by atoms with Crippen LogP contribution in [-0.2, 0) is 5.88 Å². The summed E-state index contributed by atoms with van der Waals surface area (Å²) >= 11 is 7.70. The minimum atomic E-state index is 0.598. The van der Waals surface area contributed by atoms with Crippen LogP contribution in [0.4, 0.5) is 5.69 Å². The molecule has 0 aliphatic carbocycles. The molecule has 0 bridgehead atoms. The van der Waals surface area contributed by atoms with Gasteiger partial charge in [0.1, 0.15) is 0 Å². The van der Waals surface area contributed by atoms with Crippen LogP contribution in [0.3, 0.4) is 0 Å². The highest BCUT2D eigenvalue weighted by Gasteiger charge is 2.03. The minimum Gasteiger partial charge on any atom is -0.374 e. The number of aryl methyl sites for hydroxylation is 1. The number of hydrogen-bond acceptors (Lipinski definition) is 2. The van der Waals surface area contributed by atoms with E-state index in [0.29, 0.717) is 5.88 Å². The molecule has 0 unspecified atom stereocenters. The third-order valence-corrected chi connectivity index (χ3v) is 3.42. The monoisotopic (exact) mass is 243 g/mol. The van der Waals surface area contributed by atoms with Crippen molar-refractivity contribution in [3.8, 4) is 0 Å². The largest absolute Gasteiger partial charge is 0.374 e. The second-order valence-electron chi connectivity index (χ2n) is 3.66. The summed E-state index contributed by atoms with van der Waals surface area (Å²) in [6, 6.07) is 6.47. The Balaban J connectivity index is 2.73. The first-order valence-corrected chi connectivity index (χ1v) is 6.97. The van der Waals surface area contributed by atoms with Gasteiger partial charge in [0.25, 0.3) is 0 Å². The number of nitrogens with zero attached hydrogens (tertiary/aromatic N) is 1. The van der Waals surface area contributed by atoms with Crippen molar-refractivity contribution in [2.75, 3.05) is 30.5 Å². The molecule has 3 heteroatoms. The average Bonchev–Trinajstić information content (AvgIpc) is 2.25. The van der Waals surface area contributed by atoms with Gasteiger partial charge in [-0.15, -0.1) is 11.6 Å². The van der Waals surface area contributed by atoms with Crippen molar-refractivity contribution in [3.05, 3.63) is 29.3 Å². The molecule has 0 aliphatic rings. The summed E-state index contributed by atoms with van der Waals surface area (Å²) < 4.78 is 0. The maximum absolute atomic E-state index is 5.83. The van der Waals surface area contributed by atoms with Gasteiger partial charge in [-0.05, 0) is 36.4 Å². The summed E-state index contributed by atoms with van der Waals surface area (Å²) in [5.41, 5.74) is 3.77. The summed E-state index contributed by atoms with van der Waals surface area (Å²) in [7, 11) is 2.13. The number of rotatable bonds is 5. The molecule has 0 amide bonds. The van der Waals surface area contributed by atoms with Crippen LogP contribution < -0.4 is 4.90 Å². The molecule has 1 aromatic rings. The lowest BCUT2D eigenvalue weighted by atomic mass is 10.1. The molecule has 1 aromatic carbocycles. The highest BCUT2D eigenvalue weighted by molar-refractivity contribution is 7.98. The van der Waals surface area contributed by atoms with Crippen LogP contribution in [0.2, 0.25) is 0 Å². The highest BCUT2D eigenvalue weighted by atomic mass is 35.5. The van der Waals surface area contributed by atoms with Gasteiger partial charge in [0.2, 0.25) is 0 Å². The van der Waals surface area contributed by atoms with Crippen LogP contribution in [0.25, 0.3) is 0 Å². The van der Waals surface area contributed by atoms with Gasteiger partial charge in [-0.2, -0.15) is 11.8 Å². The molecule has 0 aromatic heterocycles. The Morgan fingerprint density at radius 1 is 1.40 bits per heavy atom. The first kappa shape index (κ1) is 12.7. The maximum atomic E-state index is 5.83. The van der Waals surface area contributed by atoms with Gasteiger partial charge in [0, 0.05) is 30.9 Å². The van der Waals surface area contributed by atoms with Crippen molar-refractivity contribution < 1.29 is 0 Å². The van der Waals surface area contributed by atoms with E-state index >= 15 is 0 Å². The molecule has 1 rings (SSSR count). The molecule has 0 atom stereocenters. The molecule has 0 fully saturated rings. The third kappa shape index (κ3) is 3.62. The van der Waals surface area contributed by atoms with Gasteiger partial charge in [0.15, 0.2) is 0 Å². The zero-order chi connectivity index (χ0) is 11.3. The van der Waals surface area contributed by atoms with E-state index in [2.05, 4.69) is 43.3 Å². The molecule has 0 spiro atoms. The van der Waals surface area contributed by atoms with Crippen molar-refractivity contribution in [3.63, 3.8) is 0 Å². The van der Waals surface area contributed by atoms with Crippen LogP contribution in [0.5, 0.6) is 0 Å². The molecular weight excluding hydrogens is 226 g/mol. The molecule has 0 aliphatic heterocycles. The predicted octanol–water partition coefficient (Wildman–Crippen LogP) is 3.53. The smallest absolute Gasteiger partial charge is 0.0476 e. The minimum absolute atomic E-state index is 0.598. The fourth-order valence-electron chi connectivity index (χ4n) is 1.42. The normalized spacial score (nSPS) is 10.4. The zero-order valence-electron chi connectivity index (χ0n) is 9.59. The Hall–Kier alpha value is -0.340. The summed E-state index contributed by atoms with van der Waals surface area (Å²) in [5.74, 6) is 1.76. The standard InChI is InChI=1S/C12H18ClNS/c1-10-8-12(5-4-11(10)9-13)14(2)6-7-15-3/h4-5,8H,6-7,9H2,1-3H3. The predicted molar refractivity (Wildman–Crippen MR) is 72.4 cm³/mol. The topological polar surface area (TPSA) is 3.24 Å². The van der Waals surface area contributed by atoms with Gasteiger partial charge < -0.3 is 4.90 Å². The molecular formula is C12H18ClNS. The van der Waals surface area contributed by atoms with Crippen LogP contribution in [0, 0.1) is 6.92 Å². The van der Waals surface area contributed by atoms with E-state index in [1.165, 1.54) is 16.8 Å². The van der Waals surface area contributed by atoms with Gasteiger partial charge in [-0.25, -0.2) is 0 Å². The molecule has 0 N–H and O–H groups in total. The first-order chi connectivity index (χ1) is 7.19. The van der Waals surface area contributed by atoms with Crippen molar-refractivity contribution in [1.29, 1.82) is 0 Å². The van der Waals surface area contributed by atoms with Gasteiger partial charge in [0.05, 0.1) is 0 Å². The van der Waals surface area contributed by atoms with Crippen molar-refractivity contribution >= 4 is 29.1 Å². The number of halogens is 1. The fraction of sp³-hybridized carbons (Fsp3) is 0.500. The van der Waals surface area contributed by atoms with Crippen molar-refractivity contribution in [2.24, 2.45) is 0 Å². The van der Waals surface area contributed by atoms with Crippen LogP contribution in [-0.4, -0.2) is 25.6 Å². The summed E-state index contributed by atoms with van der Waals surface area (Å²) in [6.07, 6.45) is 2.13. The van der Waals surface area contributed by atoms with E-state index in [1.807, 2.05) is 11.8 Å². The number of anilines is 1. The van der Waals surface area contributed by atoms with Crippen molar-refractivity contribution in [2.45, 2.75) is 12.8 Å². The Labute approximate surface area is 102 Å². The fourth-order valence-corrected chi connectivity index (χ4v) is 2.18. The second kappa shape index (κ2) is 6.29.